The third-order valence-corrected chi connectivity index (χ3v) is 8.92. The first-order chi connectivity index (χ1) is 20.7. The van der Waals surface area contributed by atoms with Crippen molar-refractivity contribution >= 4 is 46.1 Å². The first-order valence-electron chi connectivity index (χ1n) is 13.8. The summed E-state index contributed by atoms with van der Waals surface area (Å²) in [7, 11) is -2.49. The fraction of sp³-hybridized carbons (Fsp3) is 0.118. The molecule has 6 aromatic rings. The van der Waals surface area contributed by atoms with E-state index in [-0.39, 0.29) is 18.0 Å². The number of hydrogen-bond acceptors (Lipinski definition) is 5. The van der Waals surface area contributed by atoms with E-state index in [9.17, 15) is 19.3 Å². The van der Waals surface area contributed by atoms with Gasteiger partial charge < -0.3 is 15.0 Å². The number of fused-ring (bicyclic) bond motifs is 2. The predicted octanol–water partition coefficient (Wildman–Crippen LogP) is 6.18. The monoisotopic (exact) mass is 588 g/mol. The minimum Gasteiger partial charge on any atom is -0.478 e. The van der Waals surface area contributed by atoms with Gasteiger partial charge in [-0.15, -0.1) is 0 Å². The SMILES string of the molecule is CP(C)(=O)c1cccc(-c2cc(C(=O)NCc3ccc(C(=O)O)cc3)c3c(cnn3Cc3ccc4ccccc4n3)c2)c1. The normalized spacial score (nSPS) is 11.6. The van der Waals surface area contributed by atoms with Crippen LogP contribution in [0.1, 0.15) is 32.0 Å². The molecular weight excluding hydrogens is 559 g/mol. The molecule has 0 radical (unpaired) electrons. The van der Waals surface area contributed by atoms with Crippen molar-refractivity contribution in [2.24, 2.45) is 0 Å². The third kappa shape index (κ3) is 5.96. The smallest absolute Gasteiger partial charge is 0.335 e. The molecule has 0 spiro atoms. The molecule has 2 N–H and O–H groups in total. The number of carbonyl (C=O) groups is 2. The maximum Gasteiger partial charge on any atom is 0.335 e. The molecule has 0 atom stereocenters. The molecule has 0 fully saturated rings. The Balaban J connectivity index is 1.40. The van der Waals surface area contributed by atoms with Gasteiger partial charge in [0.1, 0.15) is 7.14 Å². The number of carboxylic acids is 1. The van der Waals surface area contributed by atoms with Crippen molar-refractivity contribution in [3.05, 3.63) is 126 Å². The molecule has 6 rings (SSSR count). The molecule has 9 heteroatoms. The molecule has 0 bridgehead atoms. The molecule has 43 heavy (non-hydrogen) atoms. The molecule has 0 saturated carbocycles. The first kappa shape index (κ1) is 28.1. The number of aromatic carboxylic acids is 1. The number of benzene rings is 4. The van der Waals surface area contributed by atoms with E-state index in [0.29, 0.717) is 17.6 Å². The average Bonchev–Trinajstić information content (AvgIpc) is 3.41. The van der Waals surface area contributed by atoms with Crippen molar-refractivity contribution in [3.8, 4) is 11.1 Å². The topological polar surface area (TPSA) is 114 Å². The van der Waals surface area contributed by atoms with Crippen LogP contribution in [0.15, 0.2) is 103 Å². The number of carboxylic acid groups (broad SMARTS) is 1. The maximum absolute atomic E-state index is 13.8. The lowest BCUT2D eigenvalue weighted by atomic mass is 9.99. The van der Waals surface area contributed by atoms with E-state index in [4.69, 9.17) is 4.98 Å². The van der Waals surface area contributed by atoms with Crippen molar-refractivity contribution in [1.82, 2.24) is 20.1 Å². The van der Waals surface area contributed by atoms with Crippen LogP contribution in [0, 0.1) is 0 Å². The van der Waals surface area contributed by atoms with Gasteiger partial charge >= 0.3 is 5.97 Å². The summed E-state index contributed by atoms with van der Waals surface area (Å²) in [5, 5.41) is 19.4. The van der Waals surface area contributed by atoms with E-state index in [0.717, 1.165) is 44.0 Å². The number of hydrogen-bond donors (Lipinski definition) is 2. The fourth-order valence-corrected chi connectivity index (χ4v) is 6.00. The number of nitrogens with one attached hydrogen (secondary N) is 1. The zero-order valence-corrected chi connectivity index (χ0v) is 24.6. The summed E-state index contributed by atoms with van der Waals surface area (Å²) in [6.07, 6.45) is 1.75. The molecule has 0 saturated heterocycles. The van der Waals surface area contributed by atoms with Crippen LogP contribution < -0.4 is 10.6 Å². The highest BCUT2D eigenvalue weighted by molar-refractivity contribution is 7.70. The van der Waals surface area contributed by atoms with Crippen molar-refractivity contribution in [1.29, 1.82) is 0 Å². The minimum atomic E-state index is -2.49. The highest BCUT2D eigenvalue weighted by atomic mass is 31.2. The van der Waals surface area contributed by atoms with Crippen LogP contribution in [0.2, 0.25) is 0 Å². The van der Waals surface area contributed by atoms with Crippen LogP contribution in [-0.2, 0) is 17.7 Å². The summed E-state index contributed by atoms with van der Waals surface area (Å²) in [4.78, 5) is 29.8. The van der Waals surface area contributed by atoms with Gasteiger partial charge in [0.2, 0.25) is 0 Å². The van der Waals surface area contributed by atoms with Gasteiger partial charge in [-0.05, 0) is 72.5 Å². The molecular formula is C34H29N4O4P. The Morgan fingerprint density at radius 2 is 1.65 bits per heavy atom. The molecule has 214 valence electrons. The Labute approximate surface area is 248 Å². The molecule has 2 aromatic heterocycles. The van der Waals surface area contributed by atoms with Gasteiger partial charge in [-0.3, -0.25) is 14.5 Å². The standard InChI is InChI=1S/C34H29N4O4P/c1-43(2,42)29-8-5-7-25(17-29)26-16-27-20-36-38(21-28-15-14-23-6-3-4-9-31(23)37-28)32(27)30(18-26)33(39)35-19-22-10-12-24(13-11-22)34(40)41/h3-18,20H,19,21H2,1-2H3,(H,35,39)(H,40,41). The second-order valence-electron chi connectivity index (χ2n) is 10.8. The van der Waals surface area contributed by atoms with E-state index < -0.39 is 13.1 Å². The maximum atomic E-state index is 13.8. The Kier molecular flexibility index (Phi) is 7.38. The zero-order valence-electron chi connectivity index (χ0n) is 23.7. The summed E-state index contributed by atoms with van der Waals surface area (Å²) in [5.41, 5.74) is 5.42. The summed E-state index contributed by atoms with van der Waals surface area (Å²) in [6, 6.07) is 29.7. The van der Waals surface area contributed by atoms with Crippen LogP contribution in [0.4, 0.5) is 0 Å². The lowest BCUT2D eigenvalue weighted by Gasteiger charge is -2.13. The number of rotatable bonds is 8. The van der Waals surface area contributed by atoms with E-state index in [2.05, 4.69) is 10.4 Å². The van der Waals surface area contributed by atoms with E-state index >= 15 is 0 Å². The van der Waals surface area contributed by atoms with Gasteiger partial charge in [0, 0.05) is 22.6 Å². The fourth-order valence-electron chi connectivity index (χ4n) is 5.11. The molecule has 8 nitrogen and oxygen atoms in total. The third-order valence-electron chi connectivity index (χ3n) is 7.40. The summed E-state index contributed by atoms with van der Waals surface area (Å²) in [5.74, 6) is -1.30. The molecule has 1 amide bonds. The predicted molar refractivity (Wildman–Crippen MR) is 170 cm³/mol. The number of aromatic nitrogens is 3. The molecule has 0 unspecified atom stereocenters. The van der Waals surface area contributed by atoms with E-state index in [1.54, 1.807) is 36.3 Å². The highest BCUT2D eigenvalue weighted by Crippen LogP contribution is 2.36. The molecule has 2 heterocycles. The number of nitrogens with zero attached hydrogens (tertiary/aromatic N) is 3. The molecule has 4 aromatic carbocycles. The Morgan fingerprint density at radius 1 is 0.860 bits per heavy atom. The summed E-state index contributed by atoms with van der Waals surface area (Å²) >= 11 is 0. The second kappa shape index (κ2) is 11.3. The van der Waals surface area contributed by atoms with Gasteiger partial charge in [0.05, 0.1) is 40.6 Å². The van der Waals surface area contributed by atoms with Crippen LogP contribution in [0.3, 0.4) is 0 Å². The van der Waals surface area contributed by atoms with Crippen molar-refractivity contribution in [2.75, 3.05) is 13.3 Å². The zero-order chi connectivity index (χ0) is 30.1. The van der Waals surface area contributed by atoms with Crippen LogP contribution >= 0.6 is 7.14 Å². The minimum absolute atomic E-state index is 0.182. The number of amides is 1. The second-order valence-corrected chi connectivity index (χ2v) is 14.1. The quantitative estimate of drug-likeness (QED) is 0.206. The first-order valence-corrected chi connectivity index (χ1v) is 16.4. The Hall–Kier alpha value is -5.07. The highest BCUT2D eigenvalue weighted by Gasteiger charge is 2.19. The van der Waals surface area contributed by atoms with E-state index in [1.165, 1.54) is 12.1 Å². The molecule has 0 aliphatic carbocycles. The van der Waals surface area contributed by atoms with Gasteiger partial charge in [-0.25, -0.2) is 4.79 Å². The van der Waals surface area contributed by atoms with Crippen molar-refractivity contribution < 1.29 is 19.3 Å². The van der Waals surface area contributed by atoms with Crippen LogP contribution in [0.5, 0.6) is 0 Å². The summed E-state index contributed by atoms with van der Waals surface area (Å²) < 4.78 is 14.6. The van der Waals surface area contributed by atoms with Gasteiger partial charge in [0.25, 0.3) is 5.91 Å². The number of pyridine rings is 1. The summed E-state index contributed by atoms with van der Waals surface area (Å²) in [6.45, 7) is 4.06. The largest absolute Gasteiger partial charge is 0.478 e. The Bertz CT molecular complexity index is 2060. The van der Waals surface area contributed by atoms with Gasteiger partial charge in [-0.1, -0.05) is 54.6 Å². The van der Waals surface area contributed by atoms with Crippen LogP contribution in [-0.4, -0.2) is 45.1 Å². The average molecular weight is 589 g/mol. The number of carbonyl (C=O) groups excluding carboxylic acids is 1. The van der Waals surface area contributed by atoms with Gasteiger partial charge in [0.15, 0.2) is 0 Å². The molecule has 0 aliphatic heterocycles. The van der Waals surface area contributed by atoms with Gasteiger partial charge in [-0.2, -0.15) is 5.10 Å². The Morgan fingerprint density at radius 3 is 2.42 bits per heavy atom. The lowest BCUT2D eigenvalue weighted by molar-refractivity contribution is 0.0696. The van der Waals surface area contributed by atoms with Crippen LogP contribution in [0.25, 0.3) is 32.9 Å². The van der Waals surface area contributed by atoms with Crippen molar-refractivity contribution in [2.45, 2.75) is 13.1 Å². The lowest BCUT2D eigenvalue weighted by Crippen LogP contribution is -2.24. The molecule has 0 aliphatic rings. The van der Waals surface area contributed by atoms with E-state index in [1.807, 2.05) is 72.8 Å². The van der Waals surface area contributed by atoms with Crippen molar-refractivity contribution in [3.63, 3.8) is 0 Å². The number of para-hydroxylation sites is 1.